The number of hydrogen-bond acceptors (Lipinski definition) is 6. The smallest absolute Gasteiger partial charge is 0.243 e. The van der Waals surface area contributed by atoms with Crippen LogP contribution in [-0.2, 0) is 16.1 Å². The molecule has 3 N–H and O–H groups in total. The van der Waals surface area contributed by atoms with Crippen LogP contribution >= 0.6 is 0 Å². The van der Waals surface area contributed by atoms with Gasteiger partial charge < -0.3 is 14.5 Å². The molecule has 1 aromatic rings. The number of rotatable bonds is 4. The van der Waals surface area contributed by atoms with Gasteiger partial charge in [0.25, 0.3) is 0 Å². The second-order valence-corrected chi connectivity index (χ2v) is 6.11. The van der Waals surface area contributed by atoms with Gasteiger partial charge in [0.05, 0.1) is 13.7 Å². The number of carbonyl (C=O) groups is 2. The topological polar surface area (TPSA) is 85.9 Å². The number of ether oxygens (including phenoxy) is 1. The predicted octanol–water partition coefficient (Wildman–Crippen LogP) is -0.764. The maximum Gasteiger partial charge on any atom is 0.243 e. The summed E-state index contributed by atoms with van der Waals surface area (Å²) in [7, 11) is 1.62. The molecule has 8 heteroatoms. The first-order chi connectivity index (χ1) is 11.6. The minimum absolute atomic E-state index is 0.0255. The number of carbonyl (C=O) groups excluding carboxylic acids is 2. The van der Waals surface area contributed by atoms with E-state index in [2.05, 4.69) is 16.4 Å². The zero-order chi connectivity index (χ0) is 17.1. The SMILES string of the molecule is COc1cccc(CN2CCN(C(=O)C3NNNC3C)CC2=O)c1. The average molecular weight is 333 g/mol. The van der Waals surface area contributed by atoms with Crippen molar-refractivity contribution in [1.82, 2.24) is 26.2 Å². The lowest BCUT2D eigenvalue weighted by Gasteiger charge is -2.35. The number of benzene rings is 1. The number of amides is 2. The Bertz CT molecular complexity index is 623. The molecule has 0 bridgehead atoms. The van der Waals surface area contributed by atoms with E-state index in [1.165, 1.54) is 0 Å². The lowest BCUT2D eigenvalue weighted by molar-refractivity contribution is -0.146. The summed E-state index contributed by atoms with van der Waals surface area (Å²) < 4.78 is 5.21. The van der Waals surface area contributed by atoms with Gasteiger partial charge in [-0.2, -0.15) is 5.53 Å². The van der Waals surface area contributed by atoms with Gasteiger partial charge >= 0.3 is 0 Å². The van der Waals surface area contributed by atoms with E-state index >= 15 is 0 Å². The first kappa shape index (κ1) is 16.7. The van der Waals surface area contributed by atoms with Crippen molar-refractivity contribution >= 4 is 11.8 Å². The molecule has 2 fully saturated rings. The molecule has 2 saturated heterocycles. The van der Waals surface area contributed by atoms with E-state index in [4.69, 9.17) is 4.74 Å². The minimum atomic E-state index is -0.359. The average Bonchev–Trinajstić information content (AvgIpc) is 3.02. The van der Waals surface area contributed by atoms with Crippen LogP contribution in [0.25, 0.3) is 0 Å². The van der Waals surface area contributed by atoms with Crippen LogP contribution in [0.3, 0.4) is 0 Å². The van der Waals surface area contributed by atoms with Crippen LogP contribution in [0.4, 0.5) is 0 Å². The summed E-state index contributed by atoms with van der Waals surface area (Å²) in [6, 6.07) is 7.29. The van der Waals surface area contributed by atoms with E-state index in [1.807, 2.05) is 31.2 Å². The largest absolute Gasteiger partial charge is 0.497 e. The second kappa shape index (κ2) is 7.16. The van der Waals surface area contributed by atoms with Crippen molar-refractivity contribution in [1.29, 1.82) is 0 Å². The molecule has 2 atom stereocenters. The van der Waals surface area contributed by atoms with E-state index in [-0.39, 0.29) is 30.4 Å². The molecule has 2 unspecified atom stereocenters. The summed E-state index contributed by atoms with van der Waals surface area (Å²) in [5, 5.41) is 0. The third-order valence-corrected chi connectivity index (χ3v) is 4.43. The Kier molecular flexibility index (Phi) is 4.98. The number of methoxy groups -OCH3 is 1. The van der Waals surface area contributed by atoms with Crippen LogP contribution in [0.5, 0.6) is 5.75 Å². The number of nitrogens with one attached hydrogen (secondary N) is 3. The standard InChI is InChI=1S/C16H23N5O3/c1-11-15(18-19-17-11)16(23)21-7-6-20(14(22)10-21)9-12-4-3-5-13(8-12)24-2/h3-5,8,11,15,17-19H,6-7,9-10H2,1-2H3. The molecule has 2 aliphatic heterocycles. The van der Waals surface area contributed by atoms with Crippen LogP contribution in [0.2, 0.25) is 0 Å². The van der Waals surface area contributed by atoms with Crippen molar-refractivity contribution in [2.24, 2.45) is 0 Å². The van der Waals surface area contributed by atoms with Gasteiger partial charge in [-0.3, -0.25) is 9.59 Å². The van der Waals surface area contributed by atoms with Crippen LogP contribution < -0.4 is 21.1 Å². The Morgan fingerprint density at radius 3 is 2.83 bits per heavy atom. The van der Waals surface area contributed by atoms with E-state index in [1.54, 1.807) is 16.9 Å². The molecular weight excluding hydrogens is 310 g/mol. The van der Waals surface area contributed by atoms with Gasteiger partial charge in [-0.1, -0.05) is 12.1 Å². The number of nitrogens with zero attached hydrogens (tertiary/aromatic N) is 2. The fourth-order valence-corrected chi connectivity index (χ4v) is 2.97. The minimum Gasteiger partial charge on any atom is -0.497 e. The molecule has 0 radical (unpaired) electrons. The van der Waals surface area contributed by atoms with E-state index in [9.17, 15) is 9.59 Å². The molecule has 0 spiro atoms. The fraction of sp³-hybridized carbons (Fsp3) is 0.500. The van der Waals surface area contributed by atoms with E-state index in [0.717, 1.165) is 11.3 Å². The van der Waals surface area contributed by atoms with Crippen molar-refractivity contribution in [2.45, 2.75) is 25.6 Å². The van der Waals surface area contributed by atoms with Crippen molar-refractivity contribution in [3.8, 4) is 5.75 Å². The fourth-order valence-electron chi connectivity index (χ4n) is 2.97. The summed E-state index contributed by atoms with van der Waals surface area (Å²) in [6.45, 7) is 3.63. The quantitative estimate of drug-likeness (QED) is 0.671. The highest BCUT2D eigenvalue weighted by atomic mass is 16.5. The van der Waals surface area contributed by atoms with Gasteiger partial charge in [-0.05, 0) is 24.6 Å². The summed E-state index contributed by atoms with van der Waals surface area (Å²) >= 11 is 0. The molecule has 2 heterocycles. The van der Waals surface area contributed by atoms with Gasteiger partial charge in [0.1, 0.15) is 11.8 Å². The maximum atomic E-state index is 12.5. The zero-order valence-electron chi connectivity index (χ0n) is 13.9. The molecule has 2 aliphatic rings. The third-order valence-electron chi connectivity index (χ3n) is 4.43. The molecule has 0 aliphatic carbocycles. The molecule has 24 heavy (non-hydrogen) atoms. The number of piperazine rings is 1. The van der Waals surface area contributed by atoms with Gasteiger partial charge in [0.2, 0.25) is 11.8 Å². The van der Waals surface area contributed by atoms with Crippen molar-refractivity contribution in [2.75, 3.05) is 26.7 Å². The highest BCUT2D eigenvalue weighted by Crippen LogP contribution is 2.16. The highest BCUT2D eigenvalue weighted by Gasteiger charge is 2.35. The molecule has 0 saturated carbocycles. The molecule has 130 valence electrons. The number of hydrazine groups is 2. The van der Waals surface area contributed by atoms with Crippen molar-refractivity contribution in [3.63, 3.8) is 0 Å². The molecule has 2 amide bonds. The Labute approximate surface area is 141 Å². The third kappa shape index (κ3) is 3.50. The molecule has 0 aromatic heterocycles. The van der Waals surface area contributed by atoms with Gasteiger partial charge in [-0.25, -0.2) is 10.9 Å². The van der Waals surface area contributed by atoms with Crippen LogP contribution in [-0.4, -0.2) is 60.4 Å². The Morgan fingerprint density at radius 2 is 2.17 bits per heavy atom. The van der Waals surface area contributed by atoms with E-state index in [0.29, 0.717) is 19.6 Å². The lowest BCUT2D eigenvalue weighted by Crippen LogP contribution is -2.57. The summed E-state index contributed by atoms with van der Waals surface area (Å²) in [6.07, 6.45) is 0. The highest BCUT2D eigenvalue weighted by molar-refractivity contribution is 5.89. The molecular formula is C16H23N5O3. The molecule has 1 aromatic carbocycles. The first-order valence-corrected chi connectivity index (χ1v) is 8.04. The van der Waals surface area contributed by atoms with Gasteiger partial charge in [0, 0.05) is 25.7 Å². The Morgan fingerprint density at radius 1 is 1.33 bits per heavy atom. The number of hydrogen-bond donors (Lipinski definition) is 3. The molecule has 8 nitrogen and oxygen atoms in total. The van der Waals surface area contributed by atoms with Gasteiger partial charge in [0.15, 0.2) is 0 Å². The first-order valence-electron chi connectivity index (χ1n) is 8.04. The van der Waals surface area contributed by atoms with Crippen molar-refractivity contribution in [3.05, 3.63) is 29.8 Å². The summed E-state index contributed by atoms with van der Waals surface area (Å²) in [4.78, 5) is 28.3. The van der Waals surface area contributed by atoms with Crippen molar-refractivity contribution < 1.29 is 14.3 Å². The van der Waals surface area contributed by atoms with Crippen LogP contribution in [0.15, 0.2) is 24.3 Å². The maximum absolute atomic E-state index is 12.5. The van der Waals surface area contributed by atoms with E-state index < -0.39 is 0 Å². The zero-order valence-corrected chi connectivity index (χ0v) is 13.9. The summed E-state index contributed by atoms with van der Waals surface area (Å²) in [5.74, 6) is 0.674. The Hall–Kier alpha value is -2.16. The lowest BCUT2D eigenvalue weighted by atomic mass is 10.1. The predicted molar refractivity (Wildman–Crippen MR) is 87.6 cm³/mol. The van der Waals surface area contributed by atoms with Crippen LogP contribution in [0, 0.1) is 0 Å². The molecule has 3 rings (SSSR count). The second-order valence-electron chi connectivity index (χ2n) is 6.11. The Balaban J connectivity index is 1.59. The van der Waals surface area contributed by atoms with Gasteiger partial charge in [-0.15, -0.1) is 0 Å². The normalized spacial score (nSPS) is 24.3. The monoisotopic (exact) mass is 333 g/mol. The summed E-state index contributed by atoms with van der Waals surface area (Å²) in [5.41, 5.74) is 9.59. The van der Waals surface area contributed by atoms with Crippen LogP contribution in [0.1, 0.15) is 12.5 Å².